The highest BCUT2D eigenvalue weighted by atomic mass is 32.2. The van der Waals surface area contributed by atoms with Gasteiger partial charge in [-0.05, 0) is 68.0 Å². The SMILES string of the molecule is O=C(O)N[C@H]1CCCCC2=C(C2)/N=C\[C@H]2[C@@H](C(=O)NS(=O)(=O)C3CC3)CC(=O)N2[C@H](Oc2nc3ccccc3nc2-c2ccc3[nH]ccc3c2)CCC1=O. The molecule has 4 N–H and O–H groups in total. The van der Waals surface area contributed by atoms with Gasteiger partial charge < -0.3 is 20.1 Å². The van der Waals surface area contributed by atoms with Crippen LogP contribution < -0.4 is 14.8 Å². The Hall–Kier alpha value is -5.64. The van der Waals surface area contributed by atoms with Gasteiger partial charge >= 0.3 is 6.09 Å². The number of hydrogen-bond donors (Lipinski definition) is 4. The van der Waals surface area contributed by atoms with Crippen LogP contribution in [-0.2, 0) is 24.4 Å². The van der Waals surface area contributed by atoms with Gasteiger partial charge in [0.2, 0.25) is 27.7 Å². The minimum Gasteiger partial charge on any atom is -0.465 e. The molecule has 0 radical (unpaired) electrons. The van der Waals surface area contributed by atoms with Crippen LogP contribution in [0.1, 0.15) is 64.2 Å². The van der Waals surface area contributed by atoms with E-state index in [1.54, 1.807) is 12.1 Å². The van der Waals surface area contributed by atoms with Crippen molar-refractivity contribution in [2.45, 2.75) is 87.8 Å². The van der Waals surface area contributed by atoms with E-state index in [4.69, 9.17) is 19.7 Å². The summed E-state index contributed by atoms with van der Waals surface area (Å²) in [6.45, 7) is 0. The van der Waals surface area contributed by atoms with Gasteiger partial charge in [0.15, 0.2) is 12.0 Å². The molecule has 4 heterocycles. The van der Waals surface area contributed by atoms with E-state index in [-0.39, 0.29) is 30.9 Å². The lowest BCUT2D eigenvalue weighted by molar-refractivity contribution is -0.137. The van der Waals surface area contributed by atoms with Crippen molar-refractivity contribution in [2.24, 2.45) is 10.9 Å². The zero-order valence-corrected chi connectivity index (χ0v) is 30.0. The lowest BCUT2D eigenvalue weighted by atomic mass is 9.99. The molecule has 1 saturated carbocycles. The molecule has 4 atom stereocenters. The van der Waals surface area contributed by atoms with Crippen LogP contribution in [0.15, 0.2) is 71.0 Å². The second-order valence-electron chi connectivity index (χ2n) is 14.3. The fourth-order valence-corrected chi connectivity index (χ4v) is 8.70. The van der Waals surface area contributed by atoms with Crippen molar-refractivity contribution in [3.8, 4) is 17.1 Å². The summed E-state index contributed by atoms with van der Waals surface area (Å²) >= 11 is 0. The number of aromatic amines is 1. The number of allylic oxidation sites excluding steroid dienone is 2. The number of benzene rings is 2. The number of ether oxygens (including phenoxy) is 1. The highest BCUT2D eigenvalue weighted by Gasteiger charge is 2.49. The molecule has 1 saturated heterocycles. The predicted molar refractivity (Wildman–Crippen MR) is 198 cm³/mol. The molecule has 2 aromatic heterocycles. The molecule has 0 spiro atoms. The number of fused-ring (bicyclic) bond motifs is 3. The molecule has 0 bridgehead atoms. The van der Waals surface area contributed by atoms with Gasteiger partial charge in [-0.1, -0.05) is 24.6 Å². The number of carbonyl (C=O) groups excluding carboxylic acids is 3. The maximum Gasteiger partial charge on any atom is 0.405 e. The zero-order chi connectivity index (χ0) is 37.6. The van der Waals surface area contributed by atoms with E-state index < -0.39 is 57.4 Å². The third-order valence-corrected chi connectivity index (χ3v) is 12.3. The van der Waals surface area contributed by atoms with Crippen molar-refractivity contribution < 1.29 is 37.4 Å². The molecular weight excluding hydrogens is 715 g/mol. The molecule has 8 rings (SSSR count). The number of nitrogens with one attached hydrogen (secondary N) is 3. The first-order valence-electron chi connectivity index (χ1n) is 18.2. The number of hydrogen-bond acceptors (Lipinski definition) is 10. The first-order valence-corrected chi connectivity index (χ1v) is 19.7. The fourth-order valence-electron chi connectivity index (χ4n) is 7.35. The molecule has 54 heavy (non-hydrogen) atoms. The molecule has 15 nitrogen and oxygen atoms in total. The average molecular weight is 754 g/mol. The topological polar surface area (TPSA) is 213 Å². The van der Waals surface area contributed by atoms with E-state index in [2.05, 4.69) is 15.0 Å². The molecule has 4 aliphatic rings. The van der Waals surface area contributed by atoms with E-state index in [0.717, 1.165) is 28.6 Å². The lowest BCUT2D eigenvalue weighted by Gasteiger charge is -2.33. The molecule has 0 unspecified atom stereocenters. The Morgan fingerprint density at radius 3 is 2.54 bits per heavy atom. The van der Waals surface area contributed by atoms with Gasteiger partial charge in [0.1, 0.15) is 5.69 Å². The van der Waals surface area contributed by atoms with Crippen LogP contribution >= 0.6 is 0 Å². The maximum atomic E-state index is 14.1. The van der Waals surface area contributed by atoms with Crippen LogP contribution in [0.2, 0.25) is 0 Å². The summed E-state index contributed by atoms with van der Waals surface area (Å²) in [7, 11) is -3.92. The first kappa shape index (κ1) is 35.4. The Balaban J connectivity index is 1.21. The molecule has 16 heteroatoms. The van der Waals surface area contributed by atoms with Gasteiger partial charge in [-0.2, -0.15) is 0 Å². The van der Waals surface area contributed by atoms with Gasteiger partial charge in [-0.25, -0.2) is 23.2 Å². The van der Waals surface area contributed by atoms with E-state index in [1.807, 2.05) is 42.6 Å². The molecule has 2 aromatic carbocycles. The number of rotatable bonds is 7. The maximum absolute atomic E-state index is 14.1. The van der Waals surface area contributed by atoms with Crippen molar-refractivity contribution in [3.05, 3.63) is 66.0 Å². The highest BCUT2D eigenvalue weighted by Crippen LogP contribution is 2.39. The summed E-state index contributed by atoms with van der Waals surface area (Å²) in [5.41, 5.74) is 4.97. The molecule has 4 aromatic rings. The standard InChI is InChI=1S/C38H39N7O8S/c46-32-13-14-34(53-37-35(41-27-6-3-4-7-28(27)42-37)23-9-12-26-22(17-23)15-16-39-26)45-31(25(19-33(45)47)36(48)44-54(51,52)24-10-11-24)20-40-30-18-21(30)5-1-2-8-29(32)43-38(49)50/h3-4,6-7,9,12,15-17,20,24-25,29,31,34,39,43H,1-2,5,8,10-11,13-14,18-19H2,(H,44,48)(H,49,50)/b40-20-/t25-,29-,31-,34+/m0/s1. The lowest BCUT2D eigenvalue weighted by Crippen LogP contribution is -2.50. The van der Waals surface area contributed by atoms with Crippen molar-refractivity contribution in [3.63, 3.8) is 0 Å². The first-order chi connectivity index (χ1) is 26.0. The molecule has 2 aliphatic heterocycles. The third kappa shape index (κ3) is 7.42. The van der Waals surface area contributed by atoms with Gasteiger partial charge in [-0.15, -0.1) is 0 Å². The summed E-state index contributed by atoms with van der Waals surface area (Å²) in [6.07, 6.45) is 4.07. The number of carboxylic acid groups (broad SMARTS) is 1. The number of amides is 3. The van der Waals surface area contributed by atoms with E-state index >= 15 is 0 Å². The number of nitrogens with zero attached hydrogens (tertiary/aromatic N) is 4. The second kappa shape index (κ2) is 14.3. The monoisotopic (exact) mass is 753 g/mol. The Morgan fingerprint density at radius 2 is 1.76 bits per heavy atom. The molecule has 280 valence electrons. The van der Waals surface area contributed by atoms with Crippen LogP contribution in [0, 0.1) is 5.92 Å². The molecular formula is C38H39N7O8S. The minimum absolute atomic E-state index is 0.0686. The van der Waals surface area contributed by atoms with Crippen molar-refractivity contribution in [1.82, 2.24) is 29.9 Å². The number of para-hydroxylation sites is 2. The van der Waals surface area contributed by atoms with Gasteiger partial charge in [0, 0.05) is 60.3 Å². The smallest absolute Gasteiger partial charge is 0.405 e. The Morgan fingerprint density at radius 1 is 0.963 bits per heavy atom. The quantitative estimate of drug-likeness (QED) is 0.206. The van der Waals surface area contributed by atoms with Crippen LogP contribution in [0.4, 0.5) is 4.79 Å². The average Bonchev–Trinajstić information content (AvgIpc) is 4.06. The summed E-state index contributed by atoms with van der Waals surface area (Å²) in [5, 5.41) is 12.2. The largest absolute Gasteiger partial charge is 0.465 e. The molecule has 2 aliphatic carbocycles. The number of sulfonamides is 1. The Kier molecular flexibility index (Phi) is 9.37. The van der Waals surface area contributed by atoms with E-state index in [9.17, 15) is 32.7 Å². The number of aromatic nitrogens is 3. The zero-order valence-electron chi connectivity index (χ0n) is 29.2. The number of aliphatic imine (C=N–C) groups is 1. The normalized spacial score (nSPS) is 24.3. The van der Waals surface area contributed by atoms with Gasteiger partial charge in [-0.3, -0.25) is 29.0 Å². The van der Waals surface area contributed by atoms with E-state index in [1.165, 1.54) is 11.1 Å². The van der Waals surface area contributed by atoms with Crippen molar-refractivity contribution in [1.29, 1.82) is 0 Å². The predicted octanol–water partition coefficient (Wildman–Crippen LogP) is 4.60. The van der Waals surface area contributed by atoms with Crippen LogP contribution in [0.25, 0.3) is 33.2 Å². The summed E-state index contributed by atoms with van der Waals surface area (Å²) < 4.78 is 34.6. The van der Waals surface area contributed by atoms with Crippen molar-refractivity contribution >= 4 is 61.9 Å². The minimum atomic E-state index is -3.92. The van der Waals surface area contributed by atoms with Gasteiger partial charge in [0.25, 0.3) is 0 Å². The number of ketones is 1. The summed E-state index contributed by atoms with van der Waals surface area (Å²) in [5.74, 6) is -2.76. The number of Topliss-reactive ketones (excluding diaryl/α,β-unsaturated/α-hetero) is 1. The molecule has 2 fully saturated rings. The summed E-state index contributed by atoms with van der Waals surface area (Å²) in [6, 6.07) is 12.8. The van der Waals surface area contributed by atoms with Crippen LogP contribution in [-0.4, -0.2) is 86.8 Å². The number of carbonyl (C=O) groups is 4. The third-order valence-electron chi connectivity index (χ3n) is 10.5. The summed E-state index contributed by atoms with van der Waals surface area (Å²) in [4.78, 5) is 72.2. The van der Waals surface area contributed by atoms with Crippen LogP contribution in [0.5, 0.6) is 5.88 Å². The van der Waals surface area contributed by atoms with Crippen LogP contribution in [0.3, 0.4) is 0 Å². The Bertz CT molecular complexity index is 2350. The highest BCUT2D eigenvalue weighted by molar-refractivity contribution is 7.90. The van der Waals surface area contributed by atoms with E-state index in [0.29, 0.717) is 60.8 Å². The molecule has 3 amide bonds. The Labute approximate surface area is 310 Å². The van der Waals surface area contributed by atoms with Crippen molar-refractivity contribution in [2.75, 3.05) is 0 Å². The van der Waals surface area contributed by atoms with Gasteiger partial charge in [0.05, 0.1) is 34.3 Å². The number of H-pyrrole nitrogens is 1. The second-order valence-corrected chi connectivity index (χ2v) is 16.3. The fraction of sp³-hybridized carbons (Fsp3) is 0.395.